The largest absolute Gasteiger partial charge is 0.494 e. The normalized spacial score (nSPS) is 16.2. The van der Waals surface area contributed by atoms with Crippen molar-refractivity contribution in [2.75, 3.05) is 39.7 Å². The van der Waals surface area contributed by atoms with Gasteiger partial charge in [-0.25, -0.2) is 0 Å². The summed E-state index contributed by atoms with van der Waals surface area (Å²) in [6, 6.07) is 5.33. The second-order valence-electron chi connectivity index (χ2n) is 6.04. The molecule has 1 fully saturated rings. The molecule has 0 bridgehead atoms. The lowest BCUT2D eigenvalue weighted by Gasteiger charge is -2.22. The Labute approximate surface area is 164 Å². The third-order valence-corrected chi connectivity index (χ3v) is 4.44. The van der Waals surface area contributed by atoms with Gasteiger partial charge in [0.1, 0.15) is 5.75 Å². The summed E-state index contributed by atoms with van der Waals surface area (Å²) in [7, 11) is 4.61. The minimum absolute atomic E-state index is 0. The van der Waals surface area contributed by atoms with Crippen LogP contribution in [0.4, 0.5) is 5.69 Å². The molecule has 9 heteroatoms. The smallest absolute Gasteiger partial charge is 0.276 e. The summed E-state index contributed by atoms with van der Waals surface area (Å²) in [5, 5.41) is 10.6. The minimum atomic E-state index is -0.307. The molecule has 1 amide bonds. The van der Waals surface area contributed by atoms with Gasteiger partial charge in [0, 0.05) is 24.9 Å². The summed E-state index contributed by atoms with van der Waals surface area (Å²) >= 11 is 0. The lowest BCUT2D eigenvalue weighted by molar-refractivity contribution is 0.102. The van der Waals surface area contributed by atoms with Crippen LogP contribution in [-0.4, -0.2) is 50.1 Å². The van der Waals surface area contributed by atoms with Gasteiger partial charge in [-0.2, -0.15) is 5.10 Å². The predicted octanol–water partition coefficient (Wildman–Crippen LogP) is 2.51. The lowest BCUT2D eigenvalue weighted by Crippen LogP contribution is -2.32. The predicted molar refractivity (Wildman–Crippen MR) is 105 cm³/mol. The number of ether oxygens (including phenoxy) is 3. The van der Waals surface area contributed by atoms with Crippen LogP contribution in [0.3, 0.4) is 0 Å². The quantitative estimate of drug-likeness (QED) is 0.780. The van der Waals surface area contributed by atoms with Crippen molar-refractivity contribution in [3.8, 4) is 17.2 Å². The number of aromatic nitrogens is 2. The van der Waals surface area contributed by atoms with E-state index in [1.54, 1.807) is 25.3 Å². The van der Waals surface area contributed by atoms with Crippen LogP contribution < -0.4 is 24.8 Å². The van der Waals surface area contributed by atoms with Crippen molar-refractivity contribution in [1.82, 2.24) is 15.1 Å². The van der Waals surface area contributed by atoms with E-state index in [-0.39, 0.29) is 24.4 Å². The Morgan fingerprint density at radius 3 is 2.52 bits per heavy atom. The van der Waals surface area contributed by atoms with Gasteiger partial charge in [-0.3, -0.25) is 9.48 Å². The maximum Gasteiger partial charge on any atom is 0.276 e. The van der Waals surface area contributed by atoms with Crippen LogP contribution in [0, 0.1) is 0 Å². The van der Waals surface area contributed by atoms with Crippen LogP contribution in [0.15, 0.2) is 24.4 Å². The minimum Gasteiger partial charge on any atom is -0.494 e. The molecule has 27 heavy (non-hydrogen) atoms. The Kier molecular flexibility index (Phi) is 7.32. The van der Waals surface area contributed by atoms with Crippen LogP contribution in [0.2, 0.25) is 0 Å². The summed E-state index contributed by atoms with van der Waals surface area (Å²) in [5.41, 5.74) is 0.844. The van der Waals surface area contributed by atoms with E-state index in [4.69, 9.17) is 14.2 Å². The fourth-order valence-electron chi connectivity index (χ4n) is 3.03. The summed E-state index contributed by atoms with van der Waals surface area (Å²) in [4.78, 5) is 12.6. The van der Waals surface area contributed by atoms with Gasteiger partial charge in [0.05, 0.1) is 33.1 Å². The number of rotatable bonds is 6. The van der Waals surface area contributed by atoms with Crippen LogP contribution in [0.25, 0.3) is 0 Å². The summed E-state index contributed by atoms with van der Waals surface area (Å²) in [6.45, 7) is 1.90. The fraction of sp³-hybridized carbons (Fsp3) is 0.444. The third-order valence-electron chi connectivity index (χ3n) is 4.44. The Bertz CT molecular complexity index is 775. The van der Waals surface area contributed by atoms with E-state index in [1.165, 1.54) is 14.2 Å². The van der Waals surface area contributed by atoms with Crippen molar-refractivity contribution in [3.05, 3.63) is 30.1 Å². The second-order valence-corrected chi connectivity index (χ2v) is 6.04. The van der Waals surface area contributed by atoms with E-state index in [0.29, 0.717) is 28.6 Å². The highest BCUT2D eigenvalue weighted by atomic mass is 35.5. The van der Waals surface area contributed by atoms with Crippen LogP contribution in [-0.2, 0) is 0 Å². The second kappa shape index (κ2) is 9.48. The molecule has 2 aromatic rings. The third kappa shape index (κ3) is 4.64. The Morgan fingerprint density at radius 2 is 1.89 bits per heavy atom. The van der Waals surface area contributed by atoms with E-state index >= 15 is 0 Å². The van der Waals surface area contributed by atoms with Crippen molar-refractivity contribution < 1.29 is 19.0 Å². The van der Waals surface area contributed by atoms with E-state index in [9.17, 15) is 4.79 Å². The number of amides is 1. The zero-order chi connectivity index (χ0) is 18.5. The van der Waals surface area contributed by atoms with Gasteiger partial charge in [-0.05, 0) is 25.5 Å². The van der Waals surface area contributed by atoms with Crippen molar-refractivity contribution >= 4 is 24.0 Å². The van der Waals surface area contributed by atoms with Crippen molar-refractivity contribution in [2.45, 2.75) is 18.9 Å². The Balaban J connectivity index is 0.00000261. The first-order valence-corrected chi connectivity index (χ1v) is 8.53. The SMILES string of the molecule is COc1cc(OC)c(OC)cc1NC(=O)c1ccn(C2CCCNC2)n1.Cl. The standard InChI is InChI=1S/C18H24N4O4.ClH/c1-24-15-10-17(26-3)16(25-2)9-14(15)20-18(23)13-6-8-22(21-13)12-5-4-7-19-11-12;/h6,8-10,12,19H,4-5,7,11H2,1-3H3,(H,20,23);1H. The summed E-state index contributed by atoms with van der Waals surface area (Å²) in [6.07, 6.45) is 4.01. The number of carbonyl (C=O) groups excluding carboxylic acids is 1. The maximum atomic E-state index is 12.6. The molecule has 1 aromatic carbocycles. The number of halogens is 1. The molecule has 1 atom stereocenters. The molecule has 0 radical (unpaired) electrons. The molecule has 0 saturated carbocycles. The molecule has 148 valence electrons. The highest BCUT2D eigenvalue weighted by Crippen LogP contribution is 2.37. The van der Waals surface area contributed by atoms with Gasteiger partial charge in [-0.1, -0.05) is 0 Å². The van der Waals surface area contributed by atoms with Crippen LogP contribution in [0.1, 0.15) is 29.4 Å². The summed E-state index contributed by atoms with van der Waals surface area (Å²) in [5.74, 6) is 1.20. The van der Waals surface area contributed by atoms with E-state index < -0.39 is 0 Å². The van der Waals surface area contributed by atoms with Gasteiger partial charge in [0.25, 0.3) is 5.91 Å². The molecular formula is C18H25ClN4O4. The first-order valence-electron chi connectivity index (χ1n) is 8.53. The number of nitrogens with one attached hydrogen (secondary N) is 2. The molecule has 2 heterocycles. The maximum absolute atomic E-state index is 12.6. The van der Waals surface area contributed by atoms with Crippen molar-refractivity contribution in [3.63, 3.8) is 0 Å². The molecule has 1 aliphatic rings. The number of hydrogen-bond acceptors (Lipinski definition) is 6. The molecule has 1 unspecified atom stereocenters. The highest BCUT2D eigenvalue weighted by molar-refractivity contribution is 6.03. The van der Waals surface area contributed by atoms with E-state index in [0.717, 1.165) is 25.9 Å². The van der Waals surface area contributed by atoms with Gasteiger partial charge in [-0.15, -0.1) is 12.4 Å². The highest BCUT2D eigenvalue weighted by Gasteiger charge is 2.19. The number of anilines is 1. The molecule has 1 aliphatic heterocycles. The van der Waals surface area contributed by atoms with E-state index in [2.05, 4.69) is 15.7 Å². The lowest BCUT2D eigenvalue weighted by atomic mass is 10.1. The van der Waals surface area contributed by atoms with Crippen molar-refractivity contribution in [2.24, 2.45) is 0 Å². The summed E-state index contributed by atoms with van der Waals surface area (Å²) < 4.78 is 17.7. The van der Waals surface area contributed by atoms with E-state index in [1.807, 2.05) is 10.9 Å². The number of benzene rings is 1. The zero-order valence-corrected chi connectivity index (χ0v) is 16.5. The van der Waals surface area contributed by atoms with Crippen molar-refractivity contribution in [1.29, 1.82) is 0 Å². The number of hydrogen-bond donors (Lipinski definition) is 2. The van der Waals surface area contributed by atoms with Gasteiger partial charge in [0.15, 0.2) is 17.2 Å². The Hall–Kier alpha value is -2.45. The van der Waals surface area contributed by atoms with Crippen LogP contribution >= 0.6 is 12.4 Å². The van der Waals surface area contributed by atoms with Gasteiger partial charge in [0.2, 0.25) is 0 Å². The average Bonchev–Trinajstić information content (AvgIpc) is 3.18. The Morgan fingerprint density at radius 1 is 1.19 bits per heavy atom. The number of carbonyl (C=O) groups is 1. The molecule has 3 rings (SSSR count). The number of nitrogens with zero attached hydrogens (tertiary/aromatic N) is 2. The number of methoxy groups -OCH3 is 3. The molecule has 0 spiro atoms. The molecule has 0 aliphatic carbocycles. The molecule has 1 saturated heterocycles. The first-order chi connectivity index (χ1) is 12.7. The average molecular weight is 397 g/mol. The molecule has 2 N–H and O–H groups in total. The van der Waals surface area contributed by atoms with Crippen LogP contribution in [0.5, 0.6) is 17.2 Å². The molecule has 1 aromatic heterocycles. The monoisotopic (exact) mass is 396 g/mol. The molecule has 8 nitrogen and oxygen atoms in total. The number of piperidine rings is 1. The van der Waals surface area contributed by atoms with Gasteiger partial charge < -0.3 is 24.8 Å². The zero-order valence-electron chi connectivity index (χ0n) is 15.7. The van der Waals surface area contributed by atoms with Gasteiger partial charge >= 0.3 is 0 Å². The first kappa shape index (κ1) is 20.9. The topological polar surface area (TPSA) is 86.6 Å². The fourth-order valence-corrected chi connectivity index (χ4v) is 3.03. The molecular weight excluding hydrogens is 372 g/mol.